The molecule has 0 amide bonds. The second-order valence-electron chi connectivity index (χ2n) is 3.69. The van der Waals surface area contributed by atoms with Crippen LogP contribution in [-0.4, -0.2) is 49.7 Å². The molecular formula is C12H18N2O4. The number of nitrogens with zero attached hydrogens (tertiary/aromatic N) is 1. The van der Waals surface area contributed by atoms with E-state index in [4.69, 9.17) is 19.7 Å². The molecule has 0 aliphatic carbocycles. The lowest BCUT2D eigenvalue weighted by Gasteiger charge is -2.30. The lowest BCUT2D eigenvalue weighted by molar-refractivity contribution is 0.137. The number of hydrogen-bond donors (Lipinski definition) is 3. The van der Waals surface area contributed by atoms with Gasteiger partial charge in [0.05, 0.1) is 12.8 Å². The minimum atomic E-state index is -1.83. The van der Waals surface area contributed by atoms with Gasteiger partial charge >= 0.3 is 6.16 Å². The maximum Gasteiger partial charge on any atom is 0.503 e. The van der Waals surface area contributed by atoms with Gasteiger partial charge in [-0.3, -0.25) is 0 Å². The zero-order chi connectivity index (χ0) is 13.4. The Bertz CT molecular complexity index is 374. The van der Waals surface area contributed by atoms with Crippen LogP contribution in [0.15, 0.2) is 24.3 Å². The minimum Gasteiger partial charge on any atom is -0.495 e. The first kappa shape index (κ1) is 14.1. The summed E-state index contributed by atoms with van der Waals surface area (Å²) in [4.78, 5) is 10.9. The summed E-state index contributed by atoms with van der Waals surface area (Å²) in [7, 11) is 1.72. The van der Waals surface area contributed by atoms with Gasteiger partial charge in [-0.15, -0.1) is 0 Å². The number of para-hydroxylation sites is 2. The number of carboxylic acid groups (broad SMARTS) is 2. The predicted molar refractivity (Wildman–Crippen MR) is 68.7 cm³/mol. The topological polar surface area (TPSA) is 82.0 Å². The van der Waals surface area contributed by atoms with Crippen LogP contribution in [0.25, 0.3) is 0 Å². The predicted octanol–water partition coefficient (Wildman–Crippen LogP) is 1.33. The fourth-order valence-electron chi connectivity index (χ4n) is 1.80. The molecule has 2 rings (SSSR count). The smallest absolute Gasteiger partial charge is 0.495 e. The third kappa shape index (κ3) is 4.50. The van der Waals surface area contributed by atoms with E-state index in [1.165, 1.54) is 5.69 Å². The molecule has 3 N–H and O–H groups in total. The highest BCUT2D eigenvalue weighted by Crippen LogP contribution is 2.27. The van der Waals surface area contributed by atoms with Crippen LogP contribution in [0.5, 0.6) is 5.75 Å². The Morgan fingerprint density at radius 2 is 1.83 bits per heavy atom. The van der Waals surface area contributed by atoms with Crippen LogP contribution in [0.4, 0.5) is 10.5 Å². The van der Waals surface area contributed by atoms with Gasteiger partial charge in [0.15, 0.2) is 0 Å². The average Bonchev–Trinajstić information content (AvgIpc) is 2.39. The molecule has 1 saturated heterocycles. The molecule has 6 nitrogen and oxygen atoms in total. The van der Waals surface area contributed by atoms with Gasteiger partial charge in [0.25, 0.3) is 0 Å². The molecule has 6 heteroatoms. The van der Waals surface area contributed by atoms with Crippen molar-refractivity contribution >= 4 is 11.8 Å². The van der Waals surface area contributed by atoms with E-state index in [0.717, 1.165) is 31.9 Å². The van der Waals surface area contributed by atoms with Gasteiger partial charge < -0.3 is 25.2 Å². The lowest BCUT2D eigenvalue weighted by atomic mass is 10.2. The number of ether oxygens (including phenoxy) is 1. The normalized spacial score (nSPS) is 14.4. The molecule has 0 atom stereocenters. The fourth-order valence-corrected chi connectivity index (χ4v) is 1.80. The number of methoxy groups -OCH3 is 1. The molecule has 100 valence electrons. The average molecular weight is 254 g/mol. The largest absolute Gasteiger partial charge is 0.503 e. The zero-order valence-electron chi connectivity index (χ0n) is 10.3. The van der Waals surface area contributed by atoms with Crippen molar-refractivity contribution in [2.75, 3.05) is 38.2 Å². The number of rotatable bonds is 2. The molecule has 0 aromatic heterocycles. The monoisotopic (exact) mass is 254 g/mol. The van der Waals surface area contributed by atoms with Crippen LogP contribution >= 0.6 is 0 Å². The first-order valence-electron chi connectivity index (χ1n) is 5.65. The van der Waals surface area contributed by atoms with Crippen LogP contribution in [-0.2, 0) is 0 Å². The van der Waals surface area contributed by atoms with Crippen molar-refractivity contribution in [1.82, 2.24) is 5.32 Å². The standard InChI is InChI=1S/C11H16N2O.CH2O3/c1-14-11-5-3-2-4-10(11)13-8-6-12-7-9-13;2-1(3)4/h2-5,12H,6-9H2,1H3;(H2,2,3,4). The molecule has 1 aliphatic heterocycles. The van der Waals surface area contributed by atoms with Gasteiger partial charge in [-0.25, -0.2) is 4.79 Å². The van der Waals surface area contributed by atoms with Crippen LogP contribution in [0.3, 0.4) is 0 Å². The maximum atomic E-state index is 8.56. The van der Waals surface area contributed by atoms with Crippen molar-refractivity contribution in [1.29, 1.82) is 0 Å². The van der Waals surface area contributed by atoms with Crippen molar-refractivity contribution < 1.29 is 19.7 Å². The molecule has 1 fully saturated rings. The molecule has 1 aromatic carbocycles. The number of piperazine rings is 1. The molecule has 0 bridgehead atoms. The van der Waals surface area contributed by atoms with Crippen LogP contribution in [0.1, 0.15) is 0 Å². The van der Waals surface area contributed by atoms with E-state index in [1.807, 2.05) is 12.1 Å². The van der Waals surface area contributed by atoms with Gasteiger partial charge in [-0.1, -0.05) is 12.1 Å². The Labute approximate surface area is 106 Å². The number of nitrogens with one attached hydrogen (secondary N) is 1. The van der Waals surface area contributed by atoms with Crippen LogP contribution in [0, 0.1) is 0 Å². The molecule has 0 saturated carbocycles. The molecule has 0 unspecified atom stereocenters. The Morgan fingerprint density at radius 3 is 2.39 bits per heavy atom. The number of anilines is 1. The molecule has 0 radical (unpaired) electrons. The Kier molecular flexibility index (Phi) is 5.79. The number of carbonyl (C=O) groups is 1. The molecule has 1 aliphatic rings. The number of benzene rings is 1. The van der Waals surface area contributed by atoms with E-state index in [-0.39, 0.29) is 0 Å². The minimum absolute atomic E-state index is 0.967. The first-order chi connectivity index (χ1) is 8.65. The molecule has 1 aromatic rings. The van der Waals surface area contributed by atoms with E-state index < -0.39 is 6.16 Å². The summed E-state index contributed by atoms with van der Waals surface area (Å²) in [6.45, 7) is 4.22. The van der Waals surface area contributed by atoms with Gasteiger partial charge in [0.2, 0.25) is 0 Å². The second-order valence-corrected chi connectivity index (χ2v) is 3.69. The van der Waals surface area contributed by atoms with Crippen molar-refractivity contribution in [2.45, 2.75) is 0 Å². The lowest BCUT2D eigenvalue weighted by Crippen LogP contribution is -2.43. The van der Waals surface area contributed by atoms with Crippen LogP contribution in [0.2, 0.25) is 0 Å². The second kappa shape index (κ2) is 7.39. The van der Waals surface area contributed by atoms with Crippen molar-refractivity contribution in [3.63, 3.8) is 0 Å². The third-order valence-electron chi connectivity index (χ3n) is 2.54. The Morgan fingerprint density at radius 1 is 1.28 bits per heavy atom. The van der Waals surface area contributed by atoms with E-state index in [2.05, 4.69) is 22.3 Å². The van der Waals surface area contributed by atoms with E-state index in [1.54, 1.807) is 7.11 Å². The highest BCUT2D eigenvalue weighted by atomic mass is 16.6. The Balaban J connectivity index is 0.000000357. The van der Waals surface area contributed by atoms with E-state index in [0.29, 0.717) is 0 Å². The van der Waals surface area contributed by atoms with E-state index >= 15 is 0 Å². The third-order valence-corrected chi connectivity index (χ3v) is 2.54. The van der Waals surface area contributed by atoms with Gasteiger partial charge in [-0.2, -0.15) is 0 Å². The van der Waals surface area contributed by atoms with Crippen molar-refractivity contribution in [2.24, 2.45) is 0 Å². The molecule has 18 heavy (non-hydrogen) atoms. The van der Waals surface area contributed by atoms with Crippen molar-refractivity contribution in [3.05, 3.63) is 24.3 Å². The van der Waals surface area contributed by atoms with Gasteiger partial charge in [0.1, 0.15) is 5.75 Å². The summed E-state index contributed by atoms with van der Waals surface area (Å²) in [6, 6.07) is 8.19. The van der Waals surface area contributed by atoms with Crippen molar-refractivity contribution in [3.8, 4) is 5.75 Å². The highest BCUT2D eigenvalue weighted by molar-refractivity contribution is 5.58. The van der Waals surface area contributed by atoms with Crippen LogP contribution < -0.4 is 15.0 Å². The summed E-state index contributed by atoms with van der Waals surface area (Å²) in [6.07, 6.45) is -1.83. The summed E-state index contributed by atoms with van der Waals surface area (Å²) < 4.78 is 5.34. The summed E-state index contributed by atoms with van der Waals surface area (Å²) >= 11 is 0. The summed E-state index contributed by atoms with van der Waals surface area (Å²) in [5.41, 5.74) is 1.21. The summed E-state index contributed by atoms with van der Waals surface area (Å²) in [5, 5.41) is 17.3. The maximum absolute atomic E-state index is 8.56. The number of hydrogen-bond acceptors (Lipinski definition) is 4. The first-order valence-corrected chi connectivity index (χ1v) is 5.65. The zero-order valence-corrected chi connectivity index (χ0v) is 10.3. The van der Waals surface area contributed by atoms with Gasteiger partial charge in [0, 0.05) is 26.2 Å². The molecule has 0 spiro atoms. The Hall–Kier alpha value is -1.95. The van der Waals surface area contributed by atoms with E-state index in [9.17, 15) is 0 Å². The molecular weight excluding hydrogens is 236 g/mol. The quantitative estimate of drug-likeness (QED) is 0.738. The SMILES string of the molecule is COc1ccccc1N1CCNCC1.O=C(O)O. The highest BCUT2D eigenvalue weighted by Gasteiger charge is 2.13. The fraction of sp³-hybridized carbons (Fsp3) is 0.417. The molecule has 1 heterocycles. The van der Waals surface area contributed by atoms with Gasteiger partial charge in [-0.05, 0) is 12.1 Å². The summed E-state index contributed by atoms with van der Waals surface area (Å²) in [5.74, 6) is 0.967.